The molecule has 3 aromatic heterocycles. The van der Waals surface area contributed by atoms with Crippen LogP contribution in [-0.2, 0) is 11.8 Å². The summed E-state index contributed by atoms with van der Waals surface area (Å²) >= 11 is 6.47. The molecule has 6 rings (SSSR count). The van der Waals surface area contributed by atoms with Crippen molar-refractivity contribution in [1.29, 1.82) is 0 Å². The van der Waals surface area contributed by atoms with Crippen molar-refractivity contribution in [3.05, 3.63) is 66.4 Å². The molecule has 202 valence electrons. The fourth-order valence-corrected chi connectivity index (χ4v) is 4.59. The maximum atomic E-state index is 15.2. The van der Waals surface area contributed by atoms with Gasteiger partial charge >= 0.3 is 0 Å². The van der Waals surface area contributed by atoms with Crippen LogP contribution in [0.3, 0.4) is 0 Å². The molecule has 1 saturated heterocycles. The van der Waals surface area contributed by atoms with Gasteiger partial charge in [0.05, 0.1) is 22.4 Å². The number of rotatable bonds is 6. The molecule has 5 aromatic rings. The second kappa shape index (κ2) is 10.3. The number of anilines is 3. The average Bonchev–Trinajstić information content (AvgIpc) is 3.35. The van der Waals surface area contributed by atoms with Gasteiger partial charge in [0.1, 0.15) is 40.2 Å². The minimum absolute atomic E-state index is 0.0819. The van der Waals surface area contributed by atoms with Crippen molar-refractivity contribution in [2.75, 3.05) is 36.4 Å². The quantitative estimate of drug-likeness (QED) is 0.306. The van der Waals surface area contributed by atoms with Crippen molar-refractivity contribution in [2.45, 2.75) is 0 Å². The number of fused-ring (bicyclic) bond motifs is 2. The van der Waals surface area contributed by atoms with Gasteiger partial charge in [0.25, 0.3) is 0 Å². The van der Waals surface area contributed by atoms with Crippen LogP contribution in [0.5, 0.6) is 11.5 Å². The van der Waals surface area contributed by atoms with Gasteiger partial charge in [-0.05, 0) is 24.3 Å². The van der Waals surface area contributed by atoms with Crippen molar-refractivity contribution in [3.8, 4) is 11.5 Å². The number of hydrogen-bond acceptors (Lipinski definition) is 10. The SMILES string of the molecule is C=CC(=O)N1CCN(c2ncc3ncnc(Nc4cc(Cl)c(Oc5ccc6c(c5)nnn6C)cc4F)c3n2)CC1. The molecule has 14 heteroatoms. The maximum absolute atomic E-state index is 15.2. The van der Waals surface area contributed by atoms with Gasteiger partial charge in [-0.2, -0.15) is 0 Å². The van der Waals surface area contributed by atoms with E-state index in [9.17, 15) is 4.79 Å². The normalized spacial score (nSPS) is 13.6. The Morgan fingerprint density at radius 1 is 1.12 bits per heavy atom. The van der Waals surface area contributed by atoms with E-state index in [1.54, 1.807) is 35.0 Å². The number of benzene rings is 2. The molecule has 0 atom stereocenters. The van der Waals surface area contributed by atoms with Crippen molar-refractivity contribution < 1.29 is 13.9 Å². The van der Waals surface area contributed by atoms with Crippen LogP contribution >= 0.6 is 11.6 Å². The van der Waals surface area contributed by atoms with E-state index >= 15 is 4.39 Å². The van der Waals surface area contributed by atoms with Gasteiger partial charge in [0, 0.05) is 45.4 Å². The molecule has 12 nitrogen and oxygen atoms in total. The number of carbonyl (C=O) groups excluding carboxylic acids is 1. The van der Waals surface area contributed by atoms with Crippen LogP contribution in [0, 0.1) is 5.82 Å². The zero-order valence-electron chi connectivity index (χ0n) is 21.3. The van der Waals surface area contributed by atoms with Crippen molar-refractivity contribution in [1.82, 2.24) is 39.8 Å². The van der Waals surface area contributed by atoms with Gasteiger partial charge in [-0.15, -0.1) is 5.10 Å². The smallest absolute Gasteiger partial charge is 0.246 e. The number of nitrogens with zero attached hydrogens (tertiary/aromatic N) is 9. The Hall–Kier alpha value is -4.91. The van der Waals surface area contributed by atoms with Gasteiger partial charge in [-0.3, -0.25) is 4.79 Å². The molecule has 0 spiro atoms. The van der Waals surface area contributed by atoms with E-state index in [2.05, 4.69) is 42.1 Å². The first kappa shape index (κ1) is 25.4. The summed E-state index contributed by atoms with van der Waals surface area (Å²) in [5.74, 6) is 0.603. The summed E-state index contributed by atoms with van der Waals surface area (Å²) in [5, 5.41) is 11.2. The Labute approximate surface area is 232 Å². The van der Waals surface area contributed by atoms with Gasteiger partial charge in [0.2, 0.25) is 11.9 Å². The molecule has 0 bridgehead atoms. The first-order valence-corrected chi connectivity index (χ1v) is 12.6. The van der Waals surface area contributed by atoms with E-state index in [4.69, 9.17) is 16.3 Å². The highest BCUT2D eigenvalue weighted by Gasteiger charge is 2.22. The molecule has 1 N–H and O–H groups in total. The summed E-state index contributed by atoms with van der Waals surface area (Å²) in [5.41, 5.74) is 2.44. The number of carbonyl (C=O) groups is 1. The predicted octanol–water partition coefficient (Wildman–Crippen LogP) is 3.86. The third-order valence-corrected chi connectivity index (χ3v) is 6.79. The lowest BCUT2D eigenvalue weighted by atomic mass is 10.2. The van der Waals surface area contributed by atoms with Crippen LogP contribution in [0.15, 0.2) is 55.5 Å². The second-order valence-corrected chi connectivity index (χ2v) is 9.40. The van der Waals surface area contributed by atoms with Crippen LogP contribution < -0.4 is 15.0 Å². The number of nitrogens with one attached hydrogen (secondary N) is 1. The largest absolute Gasteiger partial charge is 0.456 e. The number of amides is 1. The molecule has 0 saturated carbocycles. The van der Waals surface area contributed by atoms with Crippen molar-refractivity contribution in [2.24, 2.45) is 7.05 Å². The lowest BCUT2D eigenvalue weighted by molar-refractivity contribution is -0.126. The van der Waals surface area contributed by atoms with E-state index in [0.717, 1.165) is 5.52 Å². The summed E-state index contributed by atoms with van der Waals surface area (Å²) < 4.78 is 22.7. The van der Waals surface area contributed by atoms with Crippen LogP contribution in [0.2, 0.25) is 5.02 Å². The van der Waals surface area contributed by atoms with Gasteiger partial charge < -0.3 is 19.9 Å². The Kier molecular flexibility index (Phi) is 6.56. The molecule has 4 heterocycles. The predicted molar refractivity (Wildman–Crippen MR) is 147 cm³/mol. The Morgan fingerprint density at radius 2 is 1.95 bits per heavy atom. The highest BCUT2D eigenvalue weighted by atomic mass is 35.5. The Morgan fingerprint density at radius 3 is 2.75 bits per heavy atom. The molecular weight excluding hydrogens is 539 g/mol. The Bertz CT molecular complexity index is 1770. The highest BCUT2D eigenvalue weighted by molar-refractivity contribution is 6.32. The minimum Gasteiger partial charge on any atom is -0.456 e. The van der Waals surface area contributed by atoms with E-state index in [0.29, 0.717) is 54.4 Å². The molecule has 1 aliphatic heterocycles. The summed E-state index contributed by atoms with van der Waals surface area (Å²) in [7, 11) is 1.79. The summed E-state index contributed by atoms with van der Waals surface area (Å²) in [6.45, 7) is 5.69. The maximum Gasteiger partial charge on any atom is 0.246 e. The molecule has 0 radical (unpaired) electrons. The highest BCUT2D eigenvalue weighted by Crippen LogP contribution is 2.36. The molecule has 0 aliphatic carbocycles. The van der Waals surface area contributed by atoms with Crippen LogP contribution in [0.4, 0.5) is 21.8 Å². The third kappa shape index (κ3) is 4.82. The summed E-state index contributed by atoms with van der Waals surface area (Å²) in [6.07, 6.45) is 4.23. The van der Waals surface area contributed by atoms with Crippen LogP contribution in [0.25, 0.3) is 22.1 Å². The van der Waals surface area contributed by atoms with Gasteiger partial charge in [-0.1, -0.05) is 23.4 Å². The molecule has 1 amide bonds. The molecule has 0 unspecified atom stereocenters. The third-order valence-electron chi connectivity index (χ3n) is 6.50. The summed E-state index contributed by atoms with van der Waals surface area (Å²) in [6, 6.07) is 7.85. The standard InChI is InChI=1S/C26H22ClFN10O2/c1-3-23(39)37-6-8-38(9-7-37)26-29-13-20-24(33-26)25(31-14-30-20)32-18-11-16(27)22(12-17(18)28)40-15-4-5-21-19(10-15)34-35-36(21)2/h3-5,10-14H,1,6-9H2,2H3,(H,30,31,32). The van der Waals surface area contributed by atoms with Crippen LogP contribution in [0.1, 0.15) is 0 Å². The first-order chi connectivity index (χ1) is 19.4. The monoisotopic (exact) mass is 560 g/mol. The van der Waals surface area contributed by atoms with Crippen LogP contribution in [-0.4, -0.2) is 71.9 Å². The fourth-order valence-electron chi connectivity index (χ4n) is 4.39. The number of aromatic nitrogens is 7. The van der Waals surface area contributed by atoms with E-state index < -0.39 is 5.82 Å². The second-order valence-electron chi connectivity index (χ2n) is 9.00. The molecular formula is C26H22ClFN10O2. The van der Waals surface area contributed by atoms with Crippen molar-refractivity contribution >= 4 is 57.0 Å². The lowest BCUT2D eigenvalue weighted by Crippen LogP contribution is -2.48. The molecule has 2 aromatic carbocycles. The average molecular weight is 561 g/mol. The van der Waals surface area contributed by atoms with E-state index in [-0.39, 0.29) is 28.2 Å². The number of ether oxygens (including phenoxy) is 1. The van der Waals surface area contributed by atoms with Crippen molar-refractivity contribution in [3.63, 3.8) is 0 Å². The molecule has 1 fully saturated rings. The summed E-state index contributed by atoms with van der Waals surface area (Å²) in [4.78, 5) is 33.2. The topological polar surface area (TPSA) is 127 Å². The zero-order chi connectivity index (χ0) is 27.8. The fraction of sp³-hybridized carbons (Fsp3) is 0.192. The van der Waals surface area contributed by atoms with E-state index in [1.165, 1.54) is 24.5 Å². The van der Waals surface area contributed by atoms with Gasteiger partial charge in [-0.25, -0.2) is 29.0 Å². The number of piperazine rings is 1. The molecule has 1 aliphatic rings. The lowest BCUT2D eigenvalue weighted by Gasteiger charge is -2.34. The Balaban J connectivity index is 1.24. The van der Waals surface area contributed by atoms with Gasteiger partial charge in [0.15, 0.2) is 5.82 Å². The number of halogens is 2. The minimum atomic E-state index is -0.607. The van der Waals surface area contributed by atoms with E-state index in [1.807, 2.05) is 11.0 Å². The zero-order valence-corrected chi connectivity index (χ0v) is 22.0. The first-order valence-electron chi connectivity index (χ1n) is 12.3. The number of aryl methyl sites for hydroxylation is 1. The molecule has 40 heavy (non-hydrogen) atoms. The number of hydrogen-bond donors (Lipinski definition) is 1.